The fourth-order valence-corrected chi connectivity index (χ4v) is 5.05. The van der Waals surface area contributed by atoms with Gasteiger partial charge >= 0.3 is 0 Å². The highest BCUT2D eigenvalue weighted by Gasteiger charge is 2.42. The normalized spacial score (nSPS) is 26.4. The van der Waals surface area contributed by atoms with E-state index in [0.29, 0.717) is 19.5 Å². The van der Waals surface area contributed by atoms with Gasteiger partial charge in [-0.2, -0.15) is 0 Å². The number of hydrogen-bond acceptors (Lipinski definition) is 4. The Hall–Kier alpha value is -0.230. The van der Waals surface area contributed by atoms with Crippen LogP contribution in [-0.2, 0) is 0 Å². The molecule has 0 saturated carbocycles. The first-order valence-electron chi connectivity index (χ1n) is 12.6. The number of piperidine rings is 2. The molecule has 4 fully saturated rings. The standard InChI is InChI=1S/C11H21FN2.C11H22N2.C2H6/c1-2-11(12)8-14(9-11)7-10-3-5-13-6-4-10;1-2-10-7-13(8-10)9-11-3-5-12-6-4-11;1-2/h10,13H,2-9H2,1H3;10-12H,2-9H2,1H3;1-2H3. The smallest absolute Gasteiger partial charge is 0.136 e. The Labute approximate surface area is 180 Å². The monoisotopic (exact) mass is 412 g/mol. The van der Waals surface area contributed by atoms with E-state index in [-0.39, 0.29) is 0 Å². The largest absolute Gasteiger partial charge is 0.317 e. The molecule has 2 N–H and O–H groups in total. The summed E-state index contributed by atoms with van der Waals surface area (Å²) in [4.78, 5) is 4.92. The lowest BCUT2D eigenvalue weighted by Gasteiger charge is -2.46. The van der Waals surface area contributed by atoms with Crippen LogP contribution in [0, 0.1) is 17.8 Å². The van der Waals surface area contributed by atoms with E-state index in [9.17, 15) is 4.39 Å². The Morgan fingerprint density at radius 1 is 0.759 bits per heavy atom. The highest BCUT2D eigenvalue weighted by Crippen LogP contribution is 2.30. The summed E-state index contributed by atoms with van der Waals surface area (Å²) in [6.07, 6.45) is 7.38. The molecular weight excluding hydrogens is 363 g/mol. The van der Waals surface area contributed by atoms with E-state index in [2.05, 4.69) is 27.4 Å². The van der Waals surface area contributed by atoms with Crippen LogP contribution in [0.25, 0.3) is 0 Å². The molecule has 4 aliphatic heterocycles. The number of halogens is 1. The summed E-state index contributed by atoms with van der Waals surface area (Å²) < 4.78 is 13.6. The Balaban J connectivity index is 0.000000191. The third-order valence-corrected chi connectivity index (χ3v) is 7.21. The Kier molecular flexibility index (Phi) is 11.4. The van der Waals surface area contributed by atoms with Gasteiger partial charge in [-0.05, 0) is 76.0 Å². The second kappa shape index (κ2) is 13.2. The average molecular weight is 413 g/mol. The number of nitrogens with one attached hydrogen (secondary N) is 2. The molecule has 4 heterocycles. The molecule has 172 valence electrons. The van der Waals surface area contributed by atoms with Crippen LogP contribution in [-0.4, -0.2) is 80.9 Å². The summed E-state index contributed by atoms with van der Waals surface area (Å²) >= 11 is 0. The minimum Gasteiger partial charge on any atom is -0.317 e. The van der Waals surface area contributed by atoms with Gasteiger partial charge in [-0.1, -0.05) is 34.1 Å². The van der Waals surface area contributed by atoms with Crippen LogP contribution in [0.1, 0.15) is 66.2 Å². The van der Waals surface area contributed by atoms with Crippen LogP contribution in [0.5, 0.6) is 0 Å². The third-order valence-electron chi connectivity index (χ3n) is 7.21. The quantitative estimate of drug-likeness (QED) is 0.695. The Morgan fingerprint density at radius 2 is 1.21 bits per heavy atom. The van der Waals surface area contributed by atoms with Crippen molar-refractivity contribution in [2.24, 2.45) is 17.8 Å². The first kappa shape index (κ1) is 25.0. The van der Waals surface area contributed by atoms with Crippen LogP contribution < -0.4 is 10.6 Å². The summed E-state index contributed by atoms with van der Waals surface area (Å²) in [6.45, 7) is 19.6. The topological polar surface area (TPSA) is 30.5 Å². The fourth-order valence-electron chi connectivity index (χ4n) is 5.05. The number of likely N-dealkylation sites (tertiary alicyclic amines) is 2. The molecule has 0 spiro atoms. The molecule has 4 aliphatic rings. The average Bonchev–Trinajstić information content (AvgIpc) is 2.72. The summed E-state index contributed by atoms with van der Waals surface area (Å²) in [5.74, 6) is 2.80. The fraction of sp³-hybridized carbons (Fsp3) is 1.00. The molecule has 0 bridgehead atoms. The maximum Gasteiger partial charge on any atom is 0.136 e. The zero-order valence-electron chi connectivity index (χ0n) is 19.8. The van der Waals surface area contributed by atoms with Gasteiger partial charge in [0.25, 0.3) is 0 Å². The molecule has 29 heavy (non-hydrogen) atoms. The van der Waals surface area contributed by atoms with Gasteiger partial charge in [-0.25, -0.2) is 4.39 Å². The molecule has 4 rings (SSSR count). The van der Waals surface area contributed by atoms with E-state index in [1.807, 2.05) is 20.8 Å². The van der Waals surface area contributed by atoms with Crippen molar-refractivity contribution in [2.75, 3.05) is 65.4 Å². The lowest BCUT2D eigenvalue weighted by atomic mass is 9.90. The molecule has 0 aliphatic carbocycles. The van der Waals surface area contributed by atoms with Gasteiger partial charge in [-0.3, -0.25) is 4.90 Å². The van der Waals surface area contributed by atoms with Crippen molar-refractivity contribution < 1.29 is 4.39 Å². The lowest BCUT2D eigenvalue weighted by Crippen LogP contribution is -2.59. The number of nitrogens with zero attached hydrogens (tertiary/aromatic N) is 2. The highest BCUT2D eigenvalue weighted by atomic mass is 19.1. The summed E-state index contributed by atoms with van der Waals surface area (Å²) in [5.41, 5.74) is -0.854. The van der Waals surface area contributed by atoms with Gasteiger partial charge in [0.2, 0.25) is 0 Å². The predicted octanol–water partition coefficient (Wildman–Crippen LogP) is 3.77. The molecule has 0 amide bonds. The second-order valence-electron chi connectivity index (χ2n) is 9.55. The predicted molar refractivity (Wildman–Crippen MR) is 123 cm³/mol. The minimum atomic E-state index is -0.854. The molecule has 4 nitrogen and oxygen atoms in total. The van der Waals surface area contributed by atoms with Gasteiger partial charge in [0.05, 0.1) is 0 Å². The molecule has 0 aromatic heterocycles. The van der Waals surface area contributed by atoms with Gasteiger partial charge < -0.3 is 15.5 Å². The zero-order valence-corrected chi connectivity index (χ0v) is 19.8. The molecule has 0 atom stereocenters. The van der Waals surface area contributed by atoms with Crippen molar-refractivity contribution in [3.05, 3.63) is 0 Å². The summed E-state index contributed by atoms with van der Waals surface area (Å²) in [6, 6.07) is 0. The van der Waals surface area contributed by atoms with Crippen molar-refractivity contribution >= 4 is 0 Å². The number of alkyl halides is 1. The second-order valence-corrected chi connectivity index (χ2v) is 9.55. The van der Waals surface area contributed by atoms with Crippen molar-refractivity contribution in [2.45, 2.75) is 71.9 Å². The van der Waals surface area contributed by atoms with Crippen LogP contribution in [0.3, 0.4) is 0 Å². The molecular formula is C24H49FN4. The third kappa shape index (κ3) is 8.43. The van der Waals surface area contributed by atoms with Crippen LogP contribution in [0.4, 0.5) is 4.39 Å². The van der Waals surface area contributed by atoms with Crippen LogP contribution in [0.2, 0.25) is 0 Å². The number of rotatable bonds is 6. The van der Waals surface area contributed by atoms with Crippen LogP contribution in [0.15, 0.2) is 0 Å². The van der Waals surface area contributed by atoms with Crippen molar-refractivity contribution in [1.29, 1.82) is 0 Å². The van der Waals surface area contributed by atoms with E-state index in [1.54, 1.807) is 0 Å². The zero-order chi connectivity index (χ0) is 21.1. The summed E-state index contributed by atoms with van der Waals surface area (Å²) in [7, 11) is 0. The summed E-state index contributed by atoms with van der Waals surface area (Å²) in [5, 5.41) is 6.78. The Bertz CT molecular complexity index is 409. The maximum atomic E-state index is 13.6. The Morgan fingerprint density at radius 3 is 1.62 bits per heavy atom. The van der Waals surface area contributed by atoms with Gasteiger partial charge in [-0.15, -0.1) is 0 Å². The van der Waals surface area contributed by atoms with E-state index < -0.39 is 5.67 Å². The molecule has 5 heteroatoms. The molecule has 0 aromatic rings. The first-order valence-corrected chi connectivity index (χ1v) is 12.6. The van der Waals surface area contributed by atoms with E-state index >= 15 is 0 Å². The van der Waals surface area contributed by atoms with Crippen molar-refractivity contribution in [1.82, 2.24) is 20.4 Å². The first-order chi connectivity index (χ1) is 14.1. The minimum absolute atomic E-state index is 0.674. The van der Waals surface area contributed by atoms with Gasteiger partial charge in [0, 0.05) is 39.3 Å². The molecule has 4 saturated heterocycles. The van der Waals surface area contributed by atoms with E-state index in [0.717, 1.165) is 37.4 Å². The molecule has 0 radical (unpaired) electrons. The van der Waals surface area contributed by atoms with Crippen molar-refractivity contribution in [3.63, 3.8) is 0 Å². The molecule has 0 aromatic carbocycles. The van der Waals surface area contributed by atoms with Crippen LogP contribution >= 0.6 is 0 Å². The number of hydrogen-bond donors (Lipinski definition) is 2. The van der Waals surface area contributed by atoms with Crippen molar-refractivity contribution in [3.8, 4) is 0 Å². The molecule has 0 unspecified atom stereocenters. The van der Waals surface area contributed by atoms with E-state index in [1.165, 1.54) is 64.8 Å². The highest BCUT2D eigenvalue weighted by molar-refractivity contribution is 4.95. The van der Waals surface area contributed by atoms with E-state index in [4.69, 9.17) is 0 Å². The maximum absolute atomic E-state index is 13.6. The van der Waals surface area contributed by atoms with Gasteiger partial charge in [0.1, 0.15) is 5.67 Å². The van der Waals surface area contributed by atoms with Gasteiger partial charge in [0.15, 0.2) is 0 Å². The lowest BCUT2D eigenvalue weighted by molar-refractivity contribution is -0.0438. The SMILES string of the molecule is CC.CCC1(F)CN(CC2CCNCC2)C1.CCC1CN(CC2CCNCC2)C1.